The number of hydrogen-bond acceptors (Lipinski definition) is 4. The number of morpholine rings is 1. The molecule has 31 heavy (non-hydrogen) atoms. The maximum atomic E-state index is 14.7. The molecule has 2 rings (SSSR count). The van der Waals surface area contributed by atoms with Gasteiger partial charge in [0, 0.05) is 42.8 Å². The molecule has 3 N–H and O–H groups in total. The van der Waals surface area contributed by atoms with Crippen LogP contribution < -0.4 is 16.0 Å². The predicted molar refractivity (Wildman–Crippen MR) is 134 cm³/mol. The number of halogens is 3. The van der Waals surface area contributed by atoms with Gasteiger partial charge in [0.05, 0.1) is 25.3 Å². The minimum atomic E-state index is -0.346. The predicted octanol–water partition coefficient (Wildman–Crippen LogP) is 2.94. The first kappa shape index (κ1) is 27.9. The van der Waals surface area contributed by atoms with E-state index in [0.717, 1.165) is 0 Å². The zero-order valence-corrected chi connectivity index (χ0v) is 21.9. The fourth-order valence-corrected chi connectivity index (χ4v) is 3.70. The highest BCUT2D eigenvalue weighted by Gasteiger charge is 2.29. The van der Waals surface area contributed by atoms with Gasteiger partial charge >= 0.3 is 0 Å². The Morgan fingerprint density at radius 2 is 2.10 bits per heavy atom. The van der Waals surface area contributed by atoms with Crippen molar-refractivity contribution in [3.8, 4) is 0 Å². The smallest absolute Gasteiger partial charge is 0.239 e. The highest BCUT2D eigenvalue weighted by molar-refractivity contribution is 14.0. The molecule has 1 aromatic rings. The van der Waals surface area contributed by atoms with Gasteiger partial charge in [-0.05, 0) is 39.8 Å². The van der Waals surface area contributed by atoms with E-state index in [1.807, 2.05) is 27.7 Å². The van der Waals surface area contributed by atoms with Crippen LogP contribution in [0.15, 0.2) is 23.2 Å². The highest BCUT2D eigenvalue weighted by atomic mass is 127. The minimum Gasteiger partial charge on any atom is -0.376 e. The topological polar surface area (TPSA) is 78.0 Å². The number of amides is 1. The fraction of sp³-hybridized carbons (Fsp3) is 0.619. The molecule has 0 spiro atoms. The van der Waals surface area contributed by atoms with Crippen LogP contribution in [0.1, 0.15) is 39.3 Å². The Labute approximate surface area is 206 Å². The summed E-state index contributed by atoms with van der Waals surface area (Å²) in [5.41, 5.74) is 0.136. The molecule has 0 aliphatic carbocycles. The monoisotopic (exact) mass is 569 g/mol. The molecule has 0 radical (unpaired) electrons. The Morgan fingerprint density at radius 3 is 2.68 bits per heavy atom. The first-order valence-corrected chi connectivity index (χ1v) is 10.5. The molecule has 176 valence electrons. The van der Waals surface area contributed by atoms with Crippen molar-refractivity contribution in [2.24, 2.45) is 4.99 Å². The third-order valence-corrected chi connectivity index (χ3v) is 4.99. The number of aliphatic imine (C=N–C) groups is 1. The quantitative estimate of drug-likeness (QED) is 0.279. The lowest BCUT2D eigenvalue weighted by Gasteiger charge is -2.38. The standard InChI is InChI=1S/C21H33ClFN5O2.HI/c1-14-13-28(9-10-30-14)17(19-15(22)7-6-8-16(19)23)11-25-20(24-5)26-12-18(29)27-21(2,3)4;/h6-8,14,17H,9-13H2,1-5H3,(H,27,29)(H2,24,25,26);1H. The number of nitrogens with zero attached hydrogens (tertiary/aromatic N) is 2. The van der Waals surface area contributed by atoms with Crippen LogP contribution in [0, 0.1) is 5.82 Å². The largest absolute Gasteiger partial charge is 0.376 e. The van der Waals surface area contributed by atoms with E-state index < -0.39 is 0 Å². The maximum absolute atomic E-state index is 14.7. The Kier molecular flexibility index (Phi) is 11.5. The van der Waals surface area contributed by atoms with Crippen molar-refractivity contribution in [1.82, 2.24) is 20.9 Å². The summed E-state index contributed by atoms with van der Waals surface area (Å²) in [6, 6.07) is 4.40. The highest BCUT2D eigenvalue weighted by Crippen LogP contribution is 2.31. The van der Waals surface area contributed by atoms with Crippen molar-refractivity contribution < 1.29 is 13.9 Å². The van der Waals surface area contributed by atoms with Crippen LogP contribution in [0.3, 0.4) is 0 Å². The van der Waals surface area contributed by atoms with Gasteiger partial charge in [-0.15, -0.1) is 24.0 Å². The van der Waals surface area contributed by atoms with Gasteiger partial charge in [-0.3, -0.25) is 14.7 Å². The summed E-state index contributed by atoms with van der Waals surface area (Å²) in [5.74, 6) is -0.0278. The van der Waals surface area contributed by atoms with E-state index in [2.05, 4.69) is 25.8 Å². The lowest BCUT2D eigenvalue weighted by atomic mass is 10.0. The Balaban J connectivity index is 0.00000480. The molecule has 1 aliphatic heterocycles. The molecule has 2 atom stereocenters. The van der Waals surface area contributed by atoms with E-state index in [-0.39, 0.29) is 59.9 Å². The third-order valence-electron chi connectivity index (χ3n) is 4.66. The van der Waals surface area contributed by atoms with E-state index in [0.29, 0.717) is 42.8 Å². The number of benzene rings is 1. The summed E-state index contributed by atoms with van der Waals surface area (Å²) < 4.78 is 20.3. The summed E-state index contributed by atoms with van der Waals surface area (Å²) in [6.07, 6.45) is 0.0466. The van der Waals surface area contributed by atoms with Gasteiger partial charge < -0.3 is 20.7 Å². The number of carbonyl (C=O) groups is 1. The number of guanidine groups is 1. The van der Waals surface area contributed by atoms with Crippen LogP contribution in [0.2, 0.25) is 5.02 Å². The SMILES string of the molecule is CN=C(NCC(=O)NC(C)(C)C)NCC(c1c(F)cccc1Cl)N1CCOC(C)C1.I. The minimum absolute atomic E-state index is 0. The van der Waals surface area contributed by atoms with Crippen LogP contribution in [-0.4, -0.2) is 68.2 Å². The molecule has 7 nitrogen and oxygen atoms in total. The van der Waals surface area contributed by atoms with Crippen molar-refractivity contribution in [3.05, 3.63) is 34.6 Å². The first-order chi connectivity index (χ1) is 14.1. The Hall–Kier alpha value is -1.17. The van der Waals surface area contributed by atoms with E-state index >= 15 is 0 Å². The van der Waals surface area contributed by atoms with Crippen molar-refractivity contribution in [3.63, 3.8) is 0 Å². The van der Waals surface area contributed by atoms with Crippen LogP contribution >= 0.6 is 35.6 Å². The Morgan fingerprint density at radius 1 is 1.39 bits per heavy atom. The average Bonchev–Trinajstić information content (AvgIpc) is 2.64. The summed E-state index contributed by atoms with van der Waals surface area (Å²) >= 11 is 6.37. The van der Waals surface area contributed by atoms with Crippen molar-refractivity contribution in [2.75, 3.05) is 39.8 Å². The molecule has 1 saturated heterocycles. The molecule has 2 unspecified atom stereocenters. The molecular formula is C21H34ClFIN5O2. The lowest BCUT2D eigenvalue weighted by Crippen LogP contribution is -2.50. The second-order valence-corrected chi connectivity index (χ2v) is 8.84. The molecule has 1 amide bonds. The normalized spacial score (nSPS) is 18.7. The van der Waals surface area contributed by atoms with Crippen molar-refractivity contribution in [2.45, 2.75) is 45.4 Å². The van der Waals surface area contributed by atoms with E-state index in [9.17, 15) is 9.18 Å². The molecule has 1 fully saturated rings. The van der Waals surface area contributed by atoms with Crippen LogP contribution in [0.4, 0.5) is 4.39 Å². The molecule has 0 aromatic heterocycles. The van der Waals surface area contributed by atoms with Gasteiger partial charge in [0.15, 0.2) is 5.96 Å². The van der Waals surface area contributed by atoms with Crippen molar-refractivity contribution in [1.29, 1.82) is 0 Å². The molecule has 1 heterocycles. The number of nitrogens with one attached hydrogen (secondary N) is 3. The molecule has 1 aliphatic rings. The van der Waals surface area contributed by atoms with Gasteiger partial charge in [-0.25, -0.2) is 4.39 Å². The molecule has 1 aromatic carbocycles. The van der Waals surface area contributed by atoms with Gasteiger partial charge in [0.2, 0.25) is 5.91 Å². The first-order valence-electron chi connectivity index (χ1n) is 10.2. The maximum Gasteiger partial charge on any atom is 0.239 e. The van der Waals surface area contributed by atoms with Crippen molar-refractivity contribution >= 4 is 47.4 Å². The molecular weight excluding hydrogens is 536 g/mol. The average molecular weight is 570 g/mol. The molecule has 0 bridgehead atoms. The van der Waals surface area contributed by atoms with Crippen LogP contribution in [0.5, 0.6) is 0 Å². The van der Waals surface area contributed by atoms with Crippen LogP contribution in [-0.2, 0) is 9.53 Å². The second-order valence-electron chi connectivity index (χ2n) is 8.43. The molecule has 0 saturated carbocycles. The zero-order chi connectivity index (χ0) is 22.3. The summed E-state index contributed by atoms with van der Waals surface area (Å²) in [7, 11) is 1.62. The number of hydrogen-bond donors (Lipinski definition) is 3. The van der Waals surface area contributed by atoms with Gasteiger partial charge in [0.1, 0.15) is 5.82 Å². The van der Waals surface area contributed by atoms with E-state index in [1.54, 1.807) is 19.2 Å². The van der Waals surface area contributed by atoms with Gasteiger partial charge in [-0.1, -0.05) is 17.7 Å². The van der Waals surface area contributed by atoms with Gasteiger partial charge in [-0.2, -0.15) is 0 Å². The van der Waals surface area contributed by atoms with E-state index in [4.69, 9.17) is 16.3 Å². The lowest BCUT2D eigenvalue weighted by molar-refractivity contribution is -0.121. The second kappa shape index (κ2) is 12.8. The fourth-order valence-electron chi connectivity index (χ4n) is 3.41. The summed E-state index contributed by atoms with van der Waals surface area (Å²) in [5, 5.41) is 9.47. The number of carbonyl (C=O) groups excluding carboxylic acids is 1. The number of ether oxygens (including phenoxy) is 1. The molecule has 10 heteroatoms. The Bertz CT molecular complexity index is 740. The van der Waals surface area contributed by atoms with Gasteiger partial charge in [0.25, 0.3) is 0 Å². The summed E-state index contributed by atoms with van der Waals surface area (Å²) in [4.78, 5) is 18.4. The van der Waals surface area contributed by atoms with Crippen LogP contribution in [0.25, 0.3) is 0 Å². The zero-order valence-electron chi connectivity index (χ0n) is 18.8. The summed E-state index contributed by atoms with van der Waals surface area (Å²) in [6.45, 7) is 10.1. The number of rotatable bonds is 6. The third kappa shape index (κ3) is 9.07. The van der Waals surface area contributed by atoms with E-state index in [1.165, 1.54) is 6.07 Å².